The number of nitrogens with one attached hydrogen (secondary N) is 1. The molecule has 3 N–H and O–H groups in total. The Balaban J connectivity index is 1.41. The fraction of sp³-hybridized carbons (Fsp3) is 0.661. The number of alkyl carbamates (subject to hydrolysis) is 1. The lowest BCUT2D eigenvalue weighted by Gasteiger charge is -2.42. The van der Waals surface area contributed by atoms with E-state index in [0.717, 1.165) is 10.5 Å². The van der Waals surface area contributed by atoms with Crippen molar-refractivity contribution in [2.45, 2.75) is 190 Å². The smallest absolute Gasteiger partial charge is 0.409 e. The minimum Gasteiger partial charge on any atom is -0.460 e. The molecule has 1 aromatic carbocycles. The van der Waals surface area contributed by atoms with Gasteiger partial charge in [0.15, 0.2) is 10.6 Å². The van der Waals surface area contributed by atoms with Gasteiger partial charge in [-0.3, -0.25) is 28.7 Å². The summed E-state index contributed by atoms with van der Waals surface area (Å²) in [4.78, 5) is 84.9. The van der Waals surface area contributed by atoms with E-state index in [0.29, 0.717) is 68.3 Å². The number of esters is 1. The summed E-state index contributed by atoms with van der Waals surface area (Å²) in [5, 5.41) is 26.0. The number of amides is 2. The van der Waals surface area contributed by atoms with E-state index in [-0.39, 0.29) is 49.2 Å². The lowest BCUT2D eigenvalue weighted by molar-refractivity contribution is -0.265. The number of allylic oxidation sites excluding steroid dienone is 6. The van der Waals surface area contributed by atoms with Crippen LogP contribution in [0.2, 0.25) is 0 Å². The molecule has 2 saturated heterocycles. The van der Waals surface area contributed by atoms with Crippen LogP contribution in [0.1, 0.15) is 126 Å². The molecule has 3 aliphatic heterocycles. The van der Waals surface area contributed by atoms with Crippen LogP contribution in [0.25, 0.3) is 0 Å². The van der Waals surface area contributed by atoms with Gasteiger partial charge < -0.3 is 43.5 Å². The van der Waals surface area contributed by atoms with E-state index in [4.69, 9.17) is 40.0 Å². The average molecular weight is 1130 g/mol. The summed E-state index contributed by atoms with van der Waals surface area (Å²) >= 11 is 6.32. The summed E-state index contributed by atoms with van der Waals surface area (Å²) in [6.07, 6.45) is 8.79. The van der Waals surface area contributed by atoms with E-state index in [1.807, 2.05) is 51.2 Å². The molecule has 11 unspecified atom stereocenters. The Bertz CT molecular complexity index is 2360. The number of benzene rings is 1. The maximum absolute atomic E-state index is 14.6. The van der Waals surface area contributed by atoms with Gasteiger partial charge >= 0.3 is 12.1 Å². The second-order valence-corrected chi connectivity index (χ2v) is 24.3. The third-order valence-corrected chi connectivity index (χ3v) is 17.9. The van der Waals surface area contributed by atoms with E-state index in [1.54, 1.807) is 71.2 Å². The van der Waals surface area contributed by atoms with Crippen LogP contribution in [0, 0.1) is 35.5 Å². The average Bonchev–Trinajstić information content (AvgIpc) is 3.43. The third kappa shape index (κ3) is 17.3. The van der Waals surface area contributed by atoms with Crippen molar-refractivity contribution < 1.29 is 71.6 Å². The number of Topliss-reactive ketones (excluding diaryl/α,β-unsaturated/α-hetero) is 3. The number of alkyl halides is 1. The zero-order chi connectivity index (χ0) is 57.4. The lowest BCUT2D eigenvalue weighted by Crippen LogP contribution is -2.61. The number of ether oxygens (including phenoxy) is 6. The van der Waals surface area contributed by atoms with Gasteiger partial charge in [0.1, 0.15) is 36.2 Å². The van der Waals surface area contributed by atoms with Crippen LogP contribution in [0.3, 0.4) is 0 Å². The molecule has 2 amide bonds. The molecule has 1 saturated carbocycles. The van der Waals surface area contributed by atoms with Gasteiger partial charge in [-0.15, -0.1) is 0 Å². The summed E-state index contributed by atoms with van der Waals surface area (Å²) < 4.78 is 48.5. The number of aliphatic hydroxyl groups excluding tert-OH is 1. The largest absolute Gasteiger partial charge is 0.460 e. The molecular weight excluding hydrogens is 1040 g/mol. The predicted molar refractivity (Wildman–Crippen MR) is 295 cm³/mol. The first-order valence-electron chi connectivity index (χ1n) is 27.6. The number of ketones is 3. The number of aliphatic hydroxyl groups is 2. The van der Waals surface area contributed by atoms with Crippen molar-refractivity contribution in [1.29, 1.82) is 0 Å². The molecule has 78 heavy (non-hydrogen) atoms. The van der Waals surface area contributed by atoms with Crippen molar-refractivity contribution in [3.05, 3.63) is 77.9 Å². The molecule has 4 aliphatic rings. The zero-order valence-electron chi connectivity index (χ0n) is 47.1. The molecule has 1 aliphatic carbocycles. The highest BCUT2D eigenvalue weighted by Gasteiger charge is 2.53. The van der Waals surface area contributed by atoms with Crippen molar-refractivity contribution in [1.82, 2.24) is 10.2 Å². The number of fused-ring (bicyclic) bond motifs is 3. The van der Waals surface area contributed by atoms with Gasteiger partial charge in [-0.1, -0.05) is 101 Å². The number of hydrogen-bond acceptors (Lipinski definition) is 15. The minimum atomic E-state index is -2.47. The number of methoxy groups -OCH3 is 3. The Kier molecular flexibility index (Phi) is 25.1. The zero-order valence-corrected chi connectivity index (χ0v) is 48.7. The molecule has 2 bridgehead atoms. The molecule has 3 heterocycles. The van der Waals surface area contributed by atoms with Crippen LogP contribution in [0.4, 0.5) is 4.79 Å². The normalized spacial score (nSPS) is 36.3. The molecule has 0 aromatic heterocycles. The van der Waals surface area contributed by atoms with Crippen molar-refractivity contribution in [2.75, 3.05) is 27.9 Å². The number of carbonyl (C=O) groups is 6. The third-order valence-electron chi connectivity index (χ3n) is 16.1. The van der Waals surface area contributed by atoms with Crippen LogP contribution in [-0.2, 0) is 63.2 Å². The Morgan fingerprint density at radius 3 is 2.28 bits per heavy atom. The van der Waals surface area contributed by atoms with Crippen LogP contribution >= 0.6 is 11.6 Å². The molecule has 434 valence electrons. The Labute approximate surface area is 468 Å². The number of nitrogens with zero attached hydrogens (tertiary/aromatic N) is 1. The monoisotopic (exact) mass is 1130 g/mol. The quantitative estimate of drug-likeness (QED) is 0.0659. The number of piperidine rings is 1. The molecule has 1 aromatic rings. The van der Waals surface area contributed by atoms with E-state index >= 15 is 0 Å². The second-order valence-electron chi connectivity index (χ2n) is 22.0. The van der Waals surface area contributed by atoms with E-state index in [1.165, 1.54) is 14.2 Å². The van der Waals surface area contributed by atoms with Gasteiger partial charge in [-0.2, -0.15) is 0 Å². The van der Waals surface area contributed by atoms with Crippen molar-refractivity contribution in [2.24, 2.45) is 35.5 Å². The lowest BCUT2D eigenvalue weighted by atomic mass is 9.78. The molecule has 5 rings (SSSR count). The first-order chi connectivity index (χ1) is 37.0. The number of hydrogen-bond donors (Lipinski definition) is 3. The number of carbonyl (C=O) groups excluding carboxylic acids is 6. The molecular formula is C59H85ClN2O15S. The van der Waals surface area contributed by atoms with Crippen LogP contribution in [0.5, 0.6) is 0 Å². The van der Waals surface area contributed by atoms with Gasteiger partial charge in [0, 0.05) is 63.4 Å². The molecule has 0 spiro atoms. The highest BCUT2D eigenvalue weighted by molar-refractivity contribution is 7.87. The van der Waals surface area contributed by atoms with Gasteiger partial charge in [0.2, 0.25) is 5.79 Å². The Morgan fingerprint density at radius 2 is 1.60 bits per heavy atom. The molecule has 3 fully saturated rings. The summed E-state index contributed by atoms with van der Waals surface area (Å²) in [6, 6.07) is 7.27. The maximum atomic E-state index is 14.6. The van der Waals surface area contributed by atoms with E-state index < -0.39 is 118 Å². The topological polar surface area (TPSA) is 231 Å². The van der Waals surface area contributed by atoms with E-state index in [9.17, 15) is 43.2 Å². The summed E-state index contributed by atoms with van der Waals surface area (Å²) in [5.74, 6) is -8.68. The standard InChI is InChI=1S/C59H85ClN2O15S/c1-35-19-13-11-14-20-36(2)48(72-8)33-43-26-24-41(7)59(70,77-43)54(66)55(67)62-28-18-17-23-45(62)56(68)75-49(34-46(63)37(3)30-40(6)52(65)53(74-10)51(64)39(5)29-35)38(4)31-42-25-27-47(50(32-42)73-9)76-58(69)61-57(60)78(71)44-21-15-12-16-22-44/h11-16,19-22,30,35,37-39,41-43,45,47-50,52-53,57,65,70H,17-18,23-29,31-34H2,1-10H3,(H,61,69)/b14-11+,19-13-,36-20+,40-30+/t35?,37?,38?,39-,41-,42?,43?,45+,47-,48?,49?,50?,52-,53?,57?,59-,78?/m1/s1. The molecule has 19 heteroatoms. The predicted octanol–water partition coefficient (Wildman–Crippen LogP) is 8.24. The van der Waals surface area contributed by atoms with Gasteiger partial charge in [-0.05, 0) is 119 Å². The summed E-state index contributed by atoms with van der Waals surface area (Å²) in [7, 11) is 2.68. The molecule has 17 nitrogen and oxygen atoms in total. The van der Waals surface area contributed by atoms with Crippen molar-refractivity contribution in [3.8, 4) is 0 Å². The maximum Gasteiger partial charge on any atom is 0.409 e. The van der Waals surface area contributed by atoms with Crippen LogP contribution < -0.4 is 5.32 Å². The van der Waals surface area contributed by atoms with Crippen LogP contribution in [0.15, 0.2) is 82.8 Å². The number of rotatable bonds is 10. The highest BCUT2D eigenvalue weighted by Crippen LogP contribution is 2.38. The fourth-order valence-electron chi connectivity index (χ4n) is 11.2. The van der Waals surface area contributed by atoms with Crippen molar-refractivity contribution >= 4 is 57.7 Å². The highest BCUT2D eigenvalue weighted by atomic mass is 35.5. The van der Waals surface area contributed by atoms with Gasteiger partial charge in [-0.25, -0.2) is 9.59 Å². The summed E-state index contributed by atoms with van der Waals surface area (Å²) in [6.45, 7) is 12.5. The van der Waals surface area contributed by atoms with Crippen molar-refractivity contribution in [3.63, 3.8) is 0 Å². The first kappa shape index (κ1) is 64.4. The van der Waals surface area contributed by atoms with Gasteiger partial charge in [0.25, 0.3) is 11.7 Å². The fourth-order valence-corrected chi connectivity index (χ4v) is 12.5. The minimum absolute atomic E-state index is 0.0106. The SMILES string of the molecule is COC1CC2CC[C@@H](C)[C@@](O)(O2)C(=O)C(=O)N2CCCC[C@H]2C(=O)OC(C(C)CC2CC[C@@H](OC(=O)NC(Cl)S(=O)c3ccccc3)C(OC)C2)CC(=O)C(C)/C=C(\C)[C@@H](O)C(OC)C(=O)[C@H](C)CC(C)\C=C/C=C/C=C/1C. The number of cyclic esters (lactones) is 1. The molecule has 0 radical (unpaired) electrons. The van der Waals surface area contributed by atoms with Crippen LogP contribution in [-0.4, -0.2) is 142 Å². The molecule has 17 atom stereocenters. The number of halogens is 1. The summed E-state index contributed by atoms with van der Waals surface area (Å²) in [5.41, 5.74) is 1.21. The Hall–Kier alpha value is -4.40. The van der Waals surface area contributed by atoms with E-state index in [2.05, 4.69) is 5.32 Å². The first-order valence-corrected chi connectivity index (χ1v) is 29.2. The Morgan fingerprint density at radius 1 is 0.885 bits per heavy atom. The van der Waals surface area contributed by atoms with Gasteiger partial charge in [0.05, 0.1) is 29.1 Å². The second kappa shape index (κ2) is 30.4.